The van der Waals surface area contributed by atoms with Crippen LogP contribution in [-0.4, -0.2) is 14.2 Å². The fourth-order valence-electron chi connectivity index (χ4n) is 1.25. The molecule has 0 fully saturated rings. The summed E-state index contributed by atoms with van der Waals surface area (Å²) in [5, 5.41) is 0. The summed E-state index contributed by atoms with van der Waals surface area (Å²) in [4.78, 5) is 0. The predicted molar refractivity (Wildman–Crippen MR) is 63.1 cm³/mol. The summed E-state index contributed by atoms with van der Waals surface area (Å²) in [6, 6.07) is 0. The van der Waals surface area contributed by atoms with E-state index in [1.54, 1.807) is 13.0 Å². The Kier molecular flexibility index (Phi) is 8.47. The van der Waals surface area contributed by atoms with Gasteiger partial charge >= 0.3 is 10.1 Å². The van der Waals surface area contributed by atoms with Crippen LogP contribution in [0, 0.1) is 0 Å². The average molecular weight is 234 g/mol. The first-order chi connectivity index (χ1) is 7.12. The maximum Gasteiger partial charge on any atom is 0.308 e. The molecule has 0 unspecified atom stereocenters. The van der Waals surface area contributed by atoms with Gasteiger partial charge in [-0.1, -0.05) is 45.1 Å². The van der Waals surface area contributed by atoms with E-state index >= 15 is 0 Å². The molecule has 0 radical (unpaired) electrons. The number of hydrogen-bond acceptors (Lipinski definition) is 3. The summed E-state index contributed by atoms with van der Waals surface area (Å²) in [5.74, 6) is 0.128. The van der Waals surface area contributed by atoms with Gasteiger partial charge in [-0.3, -0.25) is 0 Å². The Morgan fingerprint density at radius 1 is 1.07 bits per heavy atom. The van der Waals surface area contributed by atoms with Crippen molar-refractivity contribution in [1.82, 2.24) is 0 Å². The third kappa shape index (κ3) is 9.79. The van der Waals surface area contributed by atoms with Gasteiger partial charge in [0.05, 0.1) is 5.75 Å². The first-order valence-electron chi connectivity index (χ1n) is 5.64. The molecule has 0 amide bonds. The zero-order chi connectivity index (χ0) is 11.6. The van der Waals surface area contributed by atoms with Gasteiger partial charge in [0.25, 0.3) is 0 Å². The summed E-state index contributed by atoms with van der Waals surface area (Å²) in [6.45, 7) is 3.88. The lowest BCUT2D eigenvalue weighted by molar-refractivity contribution is 0.440. The number of hydrogen-bond donors (Lipinski definition) is 0. The summed E-state index contributed by atoms with van der Waals surface area (Å²) in [6.07, 6.45) is 9.22. The van der Waals surface area contributed by atoms with E-state index in [2.05, 4.69) is 11.1 Å². The SMILES string of the molecule is C/C=C/OS(=O)(=O)CCCCCCCC. The van der Waals surface area contributed by atoms with E-state index in [1.807, 2.05) is 0 Å². The highest BCUT2D eigenvalue weighted by molar-refractivity contribution is 7.86. The van der Waals surface area contributed by atoms with Crippen molar-refractivity contribution >= 4 is 10.1 Å². The Bertz CT molecular complexity index is 255. The summed E-state index contributed by atoms with van der Waals surface area (Å²) in [5.41, 5.74) is 0. The highest BCUT2D eigenvalue weighted by Crippen LogP contribution is 2.07. The van der Waals surface area contributed by atoms with Crippen molar-refractivity contribution in [1.29, 1.82) is 0 Å². The minimum atomic E-state index is -3.32. The van der Waals surface area contributed by atoms with Gasteiger partial charge in [-0.2, -0.15) is 8.42 Å². The van der Waals surface area contributed by atoms with Crippen LogP contribution in [0.25, 0.3) is 0 Å². The Balaban J connectivity index is 3.49. The molecule has 15 heavy (non-hydrogen) atoms. The molecule has 0 aliphatic heterocycles. The normalized spacial score (nSPS) is 12.1. The summed E-state index contributed by atoms with van der Waals surface area (Å²) in [7, 11) is -3.32. The molecular formula is C11H22O3S. The molecule has 0 atom stereocenters. The number of allylic oxidation sites excluding steroid dienone is 1. The molecule has 0 spiro atoms. The van der Waals surface area contributed by atoms with E-state index in [0.717, 1.165) is 12.8 Å². The first-order valence-corrected chi connectivity index (χ1v) is 7.22. The lowest BCUT2D eigenvalue weighted by Crippen LogP contribution is -2.07. The Morgan fingerprint density at radius 3 is 2.27 bits per heavy atom. The zero-order valence-electron chi connectivity index (χ0n) is 9.74. The van der Waals surface area contributed by atoms with Crippen LogP contribution in [0.2, 0.25) is 0 Å². The van der Waals surface area contributed by atoms with Crippen LogP contribution in [0.3, 0.4) is 0 Å². The molecule has 0 aromatic carbocycles. The predicted octanol–water partition coefficient (Wildman–Crippen LogP) is 3.23. The lowest BCUT2D eigenvalue weighted by atomic mass is 10.1. The minimum Gasteiger partial charge on any atom is -0.391 e. The largest absolute Gasteiger partial charge is 0.391 e. The van der Waals surface area contributed by atoms with Crippen molar-refractivity contribution in [2.45, 2.75) is 52.4 Å². The van der Waals surface area contributed by atoms with Crippen LogP contribution in [-0.2, 0) is 14.3 Å². The number of rotatable bonds is 9. The quantitative estimate of drug-likeness (QED) is 0.349. The van der Waals surface area contributed by atoms with Crippen LogP contribution in [0.5, 0.6) is 0 Å². The minimum absolute atomic E-state index is 0.128. The molecule has 0 saturated carbocycles. The molecule has 0 aliphatic rings. The molecule has 0 N–H and O–H groups in total. The van der Waals surface area contributed by atoms with Crippen LogP contribution in [0.15, 0.2) is 12.3 Å². The molecule has 0 bridgehead atoms. The van der Waals surface area contributed by atoms with Gasteiger partial charge in [0.2, 0.25) is 0 Å². The lowest BCUT2D eigenvalue weighted by Gasteiger charge is -2.02. The smallest absolute Gasteiger partial charge is 0.308 e. The highest BCUT2D eigenvalue weighted by Gasteiger charge is 2.08. The zero-order valence-corrected chi connectivity index (χ0v) is 10.6. The second kappa shape index (κ2) is 8.77. The van der Waals surface area contributed by atoms with Crippen molar-refractivity contribution in [3.05, 3.63) is 12.3 Å². The van der Waals surface area contributed by atoms with E-state index in [4.69, 9.17) is 0 Å². The average Bonchev–Trinajstić information content (AvgIpc) is 2.20. The van der Waals surface area contributed by atoms with Gasteiger partial charge in [0.1, 0.15) is 6.26 Å². The van der Waals surface area contributed by atoms with Crippen molar-refractivity contribution in [3.8, 4) is 0 Å². The molecule has 90 valence electrons. The molecule has 3 nitrogen and oxygen atoms in total. The third-order valence-corrected chi connectivity index (χ3v) is 3.28. The van der Waals surface area contributed by atoms with Gasteiger partial charge in [0, 0.05) is 0 Å². The molecular weight excluding hydrogens is 212 g/mol. The molecule has 0 aromatic rings. The Hall–Kier alpha value is -0.510. The fourth-order valence-corrected chi connectivity index (χ4v) is 2.18. The molecule has 0 saturated heterocycles. The topological polar surface area (TPSA) is 43.4 Å². The highest BCUT2D eigenvalue weighted by atomic mass is 32.2. The van der Waals surface area contributed by atoms with Gasteiger partial charge in [-0.05, 0) is 13.3 Å². The van der Waals surface area contributed by atoms with Crippen molar-refractivity contribution < 1.29 is 12.6 Å². The van der Waals surface area contributed by atoms with E-state index in [0.29, 0.717) is 6.42 Å². The van der Waals surface area contributed by atoms with Gasteiger partial charge in [-0.25, -0.2) is 0 Å². The Morgan fingerprint density at radius 2 is 1.67 bits per heavy atom. The molecule has 0 heterocycles. The maximum atomic E-state index is 11.2. The van der Waals surface area contributed by atoms with Gasteiger partial charge < -0.3 is 4.18 Å². The van der Waals surface area contributed by atoms with E-state index in [-0.39, 0.29) is 5.75 Å². The fraction of sp³-hybridized carbons (Fsp3) is 0.818. The van der Waals surface area contributed by atoms with Crippen LogP contribution < -0.4 is 0 Å². The molecule has 0 aliphatic carbocycles. The van der Waals surface area contributed by atoms with E-state index in [9.17, 15) is 8.42 Å². The Labute approximate surface area is 93.6 Å². The van der Waals surface area contributed by atoms with Gasteiger partial charge in [-0.15, -0.1) is 0 Å². The maximum absolute atomic E-state index is 11.2. The third-order valence-electron chi connectivity index (χ3n) is 2.09. The van der Waals surface area contributed by atoms with Crippen molar-refractivity contribution in [3.63, 3.8) is 0 Å². The molecule has 0 aromatic heterocycles. The second-order valence-corrected chi connectivity index (χ2v) is 5.31. The van der Waals surface area contributed by atoms with Crippen LogP contribution in [0.1, 0.15) is 52.4 Å². The van der Waals surface area contributed by atoms with E-state index in [1.165, 1.54) is 25.5 Å². The van der Waals surface area contributed by atoms with Crippen molar-refractivity contribution in [2.24, 2.45) is 0 Å². The standard InChI is InChI=1S/C11H22O3S/c1-3-5-6-7-8-9-11-15(12,13)14-10-4-2/h4,10H,3,5-9,11H2,1-2H3/b10-4+. The van der Waals surface area contributed by atoms with Crippen molar-refractivity contribution in [2.75, 3.05) is 5.75 Å². The first kappa shape index (κ1) is 14.5. The van der Waals surface area contributed by atoms with Crippen LogP contribution >= 0.6 is 0 Å². The monoisotopic (exact) mass is 234 g/mol. The second-order valence-electron chi connectivity index (χ2n) is 3.60. The molecule has 0 rings (SSSR count). The molecule has 4 heteroatoms. The summed E-state index contributed by atoms with van der Waals surface area (Å²) >= 11 is 0. The van der Waals surface area contributed by atoms with E-state index < -0.39 is 10.1 Å². The summed E-state index contributed by atoms with van der Waals surface area (Å²) < 4.78 is 27.0. The number of unbranched alkanes of at least 4 members (excludes halogenated alkanes) is 5. The van der Waals surface area contributed by atoms with Crippen LogP contribution in [0.4, 0.5) is 0 Å². The van der Waals surface area contributed by atoms with Gasteiger partial charge in [0.15, 0.2) is 0 Å².